The molecule has 0 aromatic carbocycles. The van der Waals surface area contributed by atoms with E-state index >= 15 is 0 Å². The Bertz CT molecular complexity index is 1140. The van der Waals surface area contributed by atoms with Crippen LogP contribution in [0.25, 0.3) is 0 Å². The molecule has 2 unspecified atom stereocenters. The van der Waals surface area contributed by atoms with E-state index in [1.807, 2.05) is 0 Å². The van der Waals surface area contributed by atoms with Crippen molar-refractivity contribution in [3.8, 4) is 0 Å². The predicted molar refractivity (Wildman–Crippen MR) is 333 cm³/mol. The lowest BCUT2D eigenvalue weighted by Gasteiger charge is -2.22. The minimum absolute atomic E-state index is 0.0118. The molecule has 0 aliphatic heterocycles. The van der Waals surface area contributed by atoms with Crippen LogP contribution in [0.2, 0.25) is 0 Å². The van der Waals surface area contributed by atoms with Crippen LogP contribution in [0.5, 0.6) is 0 Å². The molecule has 0 saturated carbocycles. The van der Waals surface area contributed by atoms with E-state index < -0.39 is 12.1 Å². The summed E-state index contributed by atoms with van der Waals surface area (Å²) in [5.41, 5.74) is 0. The van der Waals surface area contributed by atoms with Crippen molar-refractivity contribution in [2.24, 2.45) is 0 Å². The van der Waals surface area contributed by atoms with Gasteiger partial charge < -0.3 is 20.3 Å². The third kappa shape index (κ3) is 61.8. The largest absolute Gasteiger partial charge is 0.466 e. The van der Waals surface area contributed by atoms with Gasteiger partial charge in [0.15, 0.2) is 0 Å². The van der Waals surface area contributed by atoms with Crippen LogP contribution in [-0.4, -0.2) is 47.4 Å². The summed E-state index contributed by atoms with van der Waals surface area (Å²) in [5, 5.41) is 23.3. The van der Waals surface area contributed by atoms with Crippen molar-refractivity contribution >= 4 is 11.9 Å². The Labute approximate surface area is 476 Å². The Hall–Kier alpha value is -1.40. The number of amides is 1. The van der Waals surface area contributed by atoms with Gasteiger partial charge in [0.2, 0.25) is 5.91 Å². The summed E-state index contributed by atoms with van der Waals surface area (Å²) < 4.78 is 5.48. The van der Waals surface area contributed by atoms with Crippen molar-refractivity contribution in [3.63, 3.8) is 0 Å². The van der Waals surface area contributed by atoms with Gasteiger partial charge in [0.25, 0.3) is 0 Å². The molecule has 0 rings (SSSR count). The molecule has 6 heteroatoms. The number of hydrogen-bond acceptors (Lipinski definition) is 5. The van der Waals surface area contributed by atoms with Crippen LogP contribution >= 0.6 is 0 Å². The molecule has 0 aromatic heterocycles. The van der Waals surface area contributed by atoms with Crippen LogP contribution in [0.3, 0.4) is 0 Å². The minimum atomic E-state index is -0.660. The van der Waals surface area contributed by atoms with Crippen LogP contribution in [0.15, 0.2) is 12.2 Å². The molecular weight excluding hydrogens is 935 g/mol. The summed E-state index contributed by atoms with van der Waals surface area (Å²) in [6, 6.07) is -0.537. The molecule has 3 N–H and O–H groups in total. The monoisotopic (exact) mass is 1070 g/mol. The maximum atomic E-state index is 12.5. The molecule has 0 aromatic rings. The van der Waals surface area contributed by atoms with Crippen molar-refractivity contribution in [1.29, 1.82) is 0 Å². The second-order valence-electron chi connectivity index (χ2n) is 24.2. The summed E-state index contributed by atoms with van der Waals surface area (Å²) in [7, 11) is 0. The summed E-state index contributed by atoms with van der Waals surface area (Å²) in [6.45, 7) is 4.96. The second kappa shape index (κ2) is 66.1. The van der Waals surface area contributed by atoms with Gasteiger partial charge in [0.05, 0.1) is 25.4 Å². The fourth-order valence-electron chi connectivity index (χ4n) is 11.2. The first-order valence-electron chi connectivity index (χ1n) is 34.9. The molecule has 1 amide bonds. The van der Waals surface area contributed by atoms with Crippen molar-refractivity contribution in [1.82, 2.24) is 5.32 Å². The molecule has 0 radical (unpaired) electrons. The van der Waals surface area contributed by atoms with Gasteiger partial charge in [-0.1, -0.05) is 347 Å². The first-order chi connectivity index (χ1) is 37.5. The summed E-state index contributed by atoms with van der Waals surface area (Å²) in [4.78, 5) is 24.5. The van der Waals surface area contributed by atoms with E-state index in [4.69, 9.17) is 4.74 Å². The first kappa shape index (κ1) is 74.6. The van der Waals surface area contributed by atoms with Crippen LogP contribution < -0.4 is 5.32 Å². The molecule has 2 atom stereocenters. The lowest BCUT2D eigenvalue weighted by Crippen LogP contribution is -2.45. The smallest absolute Gasteiger partial charge is 0.305 e. The number of hydrogen-bond donors (Lipinski definition) is 3. The number of carbonyl (C=O) groups is 2. The summed E-state index contributed by atoms with van der Waals surface area (Å²) >= 11 is 0. The highest BCUT2D eigenvalue weighted by atomic mass is 16.5. The van der Waals surface area contributed by atoms with Gasteiger partial charge in [-0.3, -0.25) is 9.59 Å². The molecule has 0 saturated heterocycles. The number of carbonyl (C=O) groups excluding carboxylic acids is 2. The van der Waals surface area contributed by atoms with E-state index in [9.17, 15) is 19.8 Å². The molecule has 0 aliphatic rings. The fourth-order valence-corrected chi connectivity index (χ4v) is 11.2. The molecule has 6 nitrogen and oxygen atoms in total. The third-order valence-electron chi connectivity index (χ3n) is 16.6. The minimum Gasteiger partial charge on any atom is -0.466 e. The molecule has 0 heterocycles. The molecule has 0 spiro atoms. The number of aliphatic hydroxyl groups is 2. The van der Waals surface area contributed by atoms with Gasteiger partial charge in [-0.25, -0.2) is 0 Å². The number of allylic oxidation sites excluding steroid dienone is 2. The highest BCUT2D eigenvalue weighted by Crippen LogP contribution is 2.19. The molecule has 0 fully saturated rings. The predicted octanol–water partition coefficient (Wildman–Crippen LogP) is 22.4. The molecule has 0 bridgehead atoms. The van der Waals surface area contributed by atoms with Gasteiger partial charge in [-0.2, -0.15) is 0 Å². The van der Waals surface area contributed by atoms with Crippen LogP contribution in [0, 0.1) is 0 Å². The third-order valence-corrected chi connectivity index (χ3v) is 16.6. The van der Waals surface area contributed by atoms with Crippen LogP contribution in [-0.2, 0) is 14.3 Å². The maximum Gasteiger partial charge on any atom is 0.305 e. The number of ether oxygens (including phenoxy) is 1. The van der Waals surface area contributed by atoms with Gasteiger partial charge in [-0.15, -0.1) is 0 Å². The van der Waals surface area contributed by atoms with Crippen molar-refractivity contribution < 1.29 is 24.5 Å². The van der Waals surface area contributed by atoms with Gasteiger partial charge in [0, 0.05) is 12.8 Å². The Morgan fingerprint density at radius 2 is 0.618 bits per heavy atom. The zero-order valence-corrected chi connectivity index (χ0v) is 51.8. The fraction of sp³-hybridized carbons (Fsp3) is 0.943. The Balaban J connectivity index is 3.31. The van der Waals surface area contributed by atoms with E-state index in [0.29, 0.717) is 25.9 Å². The molecule has 76 heavy (non-hydrogen) atoms. The molecule has 452 valence electrons. The number of unbranched alkanes of at least 4 members (excludes halogenated alkanes) is 53. The number of aliphatic hydroxyl groups excluding tert-OH is 2. The average molecular weight is 1070 g/mol. The van der Waals surface area contributed by atoms with Crippen LogP contribution in [0.1, 0.15) is 399 Å². The van der Waals surface area contributed by atoms with Gasteiger partial charge in [-0.05, 0) is 51.4 Å². The topological polar surface area (TPSA) is 95.9 Å². The Kier molecular flexibility index (Phi) is 64.9. The summed E-state index contributed by atoms with van der Waals surface area (Å²) in [5.74, 6) is -0.0154. The van der Waals surface area contributed by atoms with Gasteiger partial charge >= 0.3 is 5.97 Å². The quantitative estimate of drug-likeness (QED) is 0.0320. The Morgan fingerprint density at radius 3 is 0.961 bits per heavy atom. The van der Waals surface area contributed by atoms with E-state index in [1.165, 1.54) is 321 Å². The standard InChI is InChI=1S/C70H137NO5/c1-3-5-7-9-11-13-15-17-36-39-42-46-50-54-58-62-68(73)67(66-72)71-69(74)63-59-55-51-47-43-40-37-34-32-30-28-26-24-22-20-18-19-21-23-25-27-29-31-33-35-38-41-45-49-53-57-61-65-76-70(75)64-60-56-52-48-44-16-14-12-10-8-6-4-2/h12,14,67-68,72-73H,3-11,13,15-66H2,1-2H3,(H,71,74)/b14-12-. The highest BCUT2D eigenvalue weighted by molar-refractivity contribution is 5.76. The van der Waals surface area contributed by atoms with Crippen molar-refractivity contribution in [3.05, 3.63) is 12.2 Å². The lowest BCUT2D eigenvalue weighted by atomic mass is 10.0. The summed E-state index contributed by atoms with van der Waals surface area (Å²) in [6.07, 6.45) is 81.3. The zero-order valence-electron chi connectivity index (χ0n) is 51.8. The van der Waals surface area contributed by atoms with Crippen molar-refractivity contribution in [2.45, 2.75) is 411 Å². The number of nitrogens with one attached hydrogen (secondary N) is 1. The average Bonchev–Trinajstić information content (AvgIpc) is 3.42. The maximum absolute atomic E-state index is 12.5. The lowest BCUT2D eigenvalue weighted by molar-refractivity contribution is -0.143. The Morgan fingerprint density at radius 1 is 0.355 bits per heavy atom. The van der Waals surface area contributed by atoms with E-state index in [1.54, 1.807) is 0 Å². The number of rotatable bonds is 66. The second-order valence-corrected chi connectivity index (χ2v) is 24.2. The van der Waals surface area contributed by atoms with E-state index in [0.717, 1.165) is 44.9 Å². The SMILES string of the molecule is CCCCC/C=C\CCCCCCCC(=O)OCCCCCCCCCCCCCCCCCCCCCCCCCCCCCCCCCCC(=O)NC(CO)C(O)CCCCCCCCCCCCCCCCC. The molecular formula is C70H137NO5. The number of esters is 1. The zero-order chi connectivity index (χ0) is 55.0. The van der Waals surface area contributed by atoms with E-state index in [2.05, 4.69) is 31.3 Å². The van der Waals surface area contributed by atoms with Gasteiger partial charge in [0.1, 0.15) is 0 Å². The first-order valence-corrected chi connectivity index (χ1v) is 34.9. The van der Waals surface area contributed by atoms with Crippen molar-refractivity contribution in [2.75, 3.05) is 13.2 Å². The normalized spacial score (nSPS) is 12.5. The molecule has 0 aliphatic carbocycles. The highest BCUT2D eigenvalue weighted by Gasteiger charge is 2.20. The van der Waals surface area contributed by atoms with E-state index in [-0.39, 0.29) is 18.5 Å². The van der Waals surface area contributed by atoms with Crippen LogP contribution in [0.4, 0.5) is 0 Å².